The number of esters is 1. The molecule has 62 heavy (non-hydrogen) atoms. The van der Waals surface area contributed by atoms with Gasteiger partial charge in [-0.25, -0.2) is 10.0 Å². The maximum absolute atomic E-state index is 14.8. The number of terminal acetylenes is 1. The molecule has 2 aromatic rings. The second kappa shape index (κ2) is 24.8. The van der Waals surface area contributed by atoms with Crippen LogP contribution in [0.5, 0.6) is 0 Å². The summed E-state index contributed by atoms with van der Waals surface area (Å²) < 4.78 is 5.87. The second-order valence-corrected chi connectivity index (χ2v) is 18.4. The molecule has 0 bridgehead atoms. The van der Waals surface area contributed by atoms with Gasteiger partial charge in [0.1, 0.15) is 10.7 Å². The molecule has 1 aromatic heterocycles. The summed E-state index contributed by atoms with van der Waals surface area (Å²) in [7, 11) is 1.95. The summed E-state index contributed by atoms with van der Waals surface area (Å²) in [5.74, 6) is -0.924. The van der Waals surface area contributed by atoms with E-state index in [2.05, 4.69) is 26.4 Å². The zero-order valence-electron chi connectivity index (χ0n) is 38.2. The number of unbranched alkanes of at least 4 members (excludes halogenated alkanes) is 1. The lowest BCUT2D eigenvalue weighted by Gasteiger charge is -2.38. The van der Waals surface area contributed by atoms with Gasteiger partial charge in [0.05, 0.1) is 24.1 Å². The molecule has 15 heteroatoms. The molecule has 14 nitrogen and oxygen atoms in total. The number of ketones is 1. The number of nitrogens with one attached hydrogen (secondary N) is 2. The van der Waals surface area contributed by atoms with E-state index in [1.165, 1.54) is 12.0 Å². The van der Waals surface area contributed by atoms with Crippen LogP contribution in [0.15, 0.2) is 29.6 Å². The highest BCUT2D eigenvalue weighted by atomic mass is 32.1. The number of carbonyl (C=O) groups excluding carboxylic acids is 5. The maximum Gasteiger partial charge on any atom is 0.309 e. The Morgan fingerprint density at radius 3 is 2.37 bits per heavy atom. The molecule has 2 heterocycles. The second-order valence-electron chi connectivity index (χ2n) is 17.5. The fourth-order valence-electron chi connectivity index (χ4n) is 7.67. The number of Topliss-reactive ketones (excluding diaryl/α,β-unsaturated/α-hetero) is 1. The van der Waals surface area contributed by atoms with Gasteiger partial charge in [-0.15, -0.1) is 23.7 Å². The molecule has 6 atom stereocenters. The molecule has 0 unspecified atom stereocenters. The largest absolute Gasteiger partial charge is 0.481 e. The van der Waals surface area contributed by atoms with Crippen molar-refractivity contribution in [2.24, 2.45) is 23.2 Å². The van der Waals surface area contributed by atoms with Crippen LogP contribution in [0.3, 0.4) is 0 Å². The van der Waals surface area contributed by atoms with Crippen molar-refractivity contribution >= 4 is 52.5 Å². The van der Waals surface area contributed by atoms with E-state index >= 15 is 0 Å². The number of likely N-dealkylation sites (N-methyl/N-ethyl adjacent to an activating group) is 1. The first-order valence-corrected chi connectivity index (χ1v) is 22.9. The van der Waals surface area contributed by atoms with Crippen molar-refractivity contribution in [3.05, 3.63) is 45.9 Å². The number of hydroxylamine groups is 2. The summed E-state index contributed by atoms with van der Waals surface area (Å²) in [4.78, 5) is 92.2. The third kappa shape index (κ3) is 15.6. The number of thiazole rings is 1. The van der Waals surface area contributed by atoms with E-state index < -0.39 is 47.4 Å². The average molecular weight is 880 g/mol. The number of carboxylic acid groups (broad SMARTS) is 1. The van der Waals surface area contributed by atoms with Crippen molar-refractivity contribution in [3.8, 4) is 12.3 Å². The zero-order chi connectivity index (χ0) is 46.1. The van der Waals surface area contributed by atoms with Gasteiger partial charge in [0.25, 0.3) is 5.91 Å². The Labute approximate surface area is 372 Å². The molecule has 1 fully saturated rings. The van der Waals surface area contributed by atoms with E-state index in [1.807, 2.05) is 46.9 Å². The fraction of sp³-hybridized carbons (Fsp3) is 0.638. The van der Waals surface area contributed by atoms with E-state index in [0.29, 0.717) is 42.8 Å². The highest BCUT2D eigenvalue weighted by Gasteiger charge is 2.40. The van der Waals surface area contributed by atoms with Crippen LogP contribution in [0.25, 0.3) is 0 Å². The Kier molecular flexibility index (Phi) is 20.7. The highest BCUT2D eigenvalue weighted by molar-refractivity contribution is 7.09. The summed E-state index contributed by atoms with van der Waals surface area (Å²) in [5.41, 5.74) is 0.328. The Bertz CT molecular complexity index is 1860. The van der Waals surface area contributed by atoms with Crippen LogP contribution in [0, 0.1) is 35.5 Å². The van der Waals surface area contributed by atoms with Crippen LogP contribution in [0.4, 0.5) is 5.69 Å². The summed E-state index contributed by atoms with van der Waals surface area (Å²) >= 11 is 1.13. The Hall–Kier alpha value is -4.65. The fourth-order valence-corrected chi connectivity index (χ4v) is 8.51. The molecule has 1 aromatic carbocycles. The van der Waals surface area contributed by atoms with Gasteiger partial charge in [0, 0.05) is 55.6 Å². The minimum Gasteiger partial charge on any atom is -0.481 e. The van der Waals surface area contributed by atoms with E-state index in [4.69, 9.17) is 16.0 Å². The standard InChI is InChI=1S/C47H69N5O9S/c1-11-14-17-24-60-52(45(57)36(31(6)12-2)26-40(54)38-18-15-16-23-51(38)10)39(30(4)5)27-41(61-32(7)53)44-50-37(29-62-44)43(56)49-35(28-47(8,9)46(58)59)25-33-19-21-34(22-20-33)48-42(55)13-3/h1,19-22,29-31,35-36,38-39,41H,12-18,23-28H2,2-10H3,(H,48,55)(H,49,56)(H,58,59)/t31-,35-,36-,38+,39+,41+/m0/s1. The molecule has 3 amide bonds. The molecule has 3 N–H and O–H groups in total. The number of hydrogen-bond acceptors (Lipinski definition) is 11. The third-order valence-corrected chi connectivity index (χ3v) is 12.6. The van der Waals surface area contributed by atoms with E-state index in [9.17, 15) is 33.9 Å². The van der Waals surface area contributed by atoms with E-state index in [0.717, 1.165) is 42.7 Å². The summed E-state index contributed by atoms with van der Waals surface area (Å²) in [5, 5.41) is 19.0. The van der Waals surface area contributed by atoms with Crippen LogP contribution < -0.4 is 10.6 Å². The monoisotopic (exact) mass is 879 g/mol. The van der Waals surface area contributed by atoms with Crippen LogP contribution in [-0.2, 0) is 40.0 Å². The molecular formula is C47H69N5O9S. The van der Waals surface area contributed by atoms with Gasteiger partial charge in [-0.3, -0.25) is 38.5 Å². The number of ether oxygens (including phenoxy) is 1. The van der Waals surface area contributed by atoms with Crippen LogP contribution in [0.2, 0.25) is 0 Å². The lowest BCUT2D eigenvalue weighted by atomic mass is 9.83. The van der Waals surface area contributed by atoms with Crippen molar-refractivity contribution < 1.29 is 43.4 Å². The number of rotatable bonds is 25. The summed E-state index contributed by atoms with van der Waals surface area (Å²) in [6, 6.07) is 5.66. The van der Waals surface area contributed by atoms with Gasteiger partial charge < -0.3 is 20.5 Å². The molecular weight excluding hydrogens is 811 g/mol. The van der Waals surface area contributed by atoms with Crippen LogP contribution in [0.1, 0.15) is 147 Å². The molecule has 0 spiro atoms. The number of anilines is 1. The average Bonchev–Trinajstić information content (AvgIpc) is 3.72. The SMILES string of the molecule is C#CCCCON(C(=O)[C@@H](CC(=O)[C@H]1CCCCN1C)[C@@H](C)CC)[C@H](C[C@@H](OC(C)=O)c1nc(C(=O)N[C@@H](Cc2ccc(NC(=O)CC)cc2)CC(C)(C)C(=O)O)cs1)C(C)C. The topological polar surface area (TPSA) is 185 Å². The Morgan fingerprint density at radius 1 is 1.10 bits per heavy atom. The number of aliphatic carboxylic acids is 1. The number of likely N-dealkylation sites (tertiary alicyclic amines) is 1. The molecule has 1 aliphatic heterocycles. The maximum atomic E-state index is 14.8. The number of hydrogen-bond donors (Lipinski definition) is 3. The lowest BCUT2D eigenvalue weighted by molar-refractivity contribution is -0.215. The Morgan fingerprint density at radius 2 is 1.79 bits per heavy atom. The van der Waals surface area contributed by atoms with Gasteiger partial charge in [-0.1, -0.05) is 59.6 Å². The molecule has 0 radical (unpaired) electrons. The third-order valence-electron chi connectivity index (χ3n) is 11.7. The van der Waals surface area contributed by atoms with Crippen LogP contribution in [-0.4, -0.2) is 93.8 Å². The number of aromatic nitrogens is 1. The van der Waals surface area contributed by atoms with Crippen molar-refractivity contribution in [2.75, 3.05) is 25.5 Å². The molecule has 0 saturated carbocycles. The van der Waals surface area contributed by atoms with Gasteiger partial charge >= 0.3 is 11.9 Å². The van der Waals surface area contributed by atoms with Crippen molar-refractivity contribution in [3.63, 3.8) is 0 Å². The van der Waals surface area contributed by atoms with Gasteiger partial charge in [0.15, 0.2) is 11.9 Å². The number of benzene rings is 1. The van der Waals surface area contributed by atoms with Gasteiger partial charge in [-0.05, 0) is 89.1 Å². The number of nitrogens with zero attached hydrogens (tertiary/aromatic N) is 3. The first-order valence-electron chi connectivity index (χ1n) is 22.0. The number of amides is 3. The normalized spacial score (nSPS) is 16.9. The first-order chi connectivity index (χ1) is 29.3. The predicted octanol–water partition coefficient (Wildman–Crippen LogP) is 7.63. The van der Waals surface area contributed by atoms with E-state index in [-0.39, 0.29) is 67.0 Å². The molecule has 1 saturated heterocycles. The van der Waals surface area contributed by atoms with Crippen molar-refractivity contribution in [2.45, 2.75) is 150 Å². The van der Waals surface area contributed by atoms with Gasteiger partial charge in [0.2, 0.25) is 11.8 Å². The summed E-state index contributed by atoms with van der Waals surface area (Å²) in [6.45, 7) is 15.1. The van der Waals surface area contributed by atoms with E-state index in [1.54, 1.807) is 38.3 Å². The van der Waals surface area contributed by atoms with Crippen molar-refractivity contribution in [1.82, 2.24) is 20.3 Å². The number of carbonyl (C=O) groups is 6. The zero-order valence-corrected chi connectivity index (χ0v) is 39.0. The molecule has 3 rings (SSSR count). The highest BCUT2D eigenvalue weighted by Crippen LogP contribution is 2.34. The van der Waals surface area contributed by atoms with Crippen LogP contribution >= 0.6 is 11.3 Å². The lowest BCUT2D eigenvalue weighted by Crippen LogP contribution is -2.50. The predicted molar refractivity (Wildman–Crippen MR) is 240 cm³/mol. The molecule has 1 aliphatic rings. The quantitative estimate of drug-likeness (QED) is 0.0386. The Balaban J connectivity index is 1.94. The minimum absolute atomic E-state index is 0.0367. The van der Waals surface area contributed by atoms with Crippen molar-refractivity contribution in [1.29, 1.82) is 0 Å². The molecule has 342 valence electrons. The number of piperidine rings is 1. The number of carboxylic acids is 1. The minimum atomic E-state index is -1.17. The molecule has 0 aliphatic carbocycles. The first kappa shape index (κ1) is 51.7. The smallest absolute Gasteiger partial charge is 0.309 e. The van der Waals surface area contributed by atoms with Gasteiger partial charge in [-0.2, -0.15) is 0 Å². The summed E-state index contributed by atoms with van der Waals surface area (Å²) in [6.07, 6.45) is 9.82.